The second-order valence-corrected chi connectivity index (χ2v) is 6.23. The summed E-state index contributed by atoms with van der Waals surface area (Å²) in [4.78, 5) is 15.6. The summed E-state index contributed by atoms with van der Waals surface area (Å²) in [5.74, 6) is -0.650. The van der Waals surface area contributed by atoms with Gasteiger partial charge in [0.1, 0.15) is 18.1 Å². The van der Waals surface area contributed by atoms with E-state index < -0.39 is 12.1 Å². The fraction of sp³-hybridized carbons (Fsp3) is 0.250. The monoisotopic (exact) mass is 421 g/mol. The maximum absolute atomic E-state index is 12.5. The highest BCUT2D eigenvalue weighted by molar-refractivity contribution is 5.95. The number of hydrogen-bond acceptors (Lipinski definition) is 6. The molecule has 7 nitrogen and oxygen atoms in total. The summed E-state index contributed by atoms with van der Waals surface area (Å²) in [5, 5.41) is 6.08. The predicted octanol–water partition coefficient (Wildman–Crippen LogP) is 3.88. The highest BCUT2D eigenvalue weighted by Gasteiger charge is 2.38. The van der Waals surface area contributed by atoms with E-state index in [1.54, 1.807) is 37.4 Å². The van der Waals surface area contributed by atoms with Gasteiger partial charge < -0.3 is 19.3 Å². The molecule has 30 heavy (non-hydrogen) atoms. The molecule has 10 heteroatoms. The van der Waals surface area contributed by atoms with Gasteiger partial charge in [0.2, 0.25) is 5.82 Å². The largest absolute Gasteiger partial charge is 0.497 e. The Hall–Kier alpha value is -3.56. The Bertz CT molecular complexity index is 1020. The highest BCUT2D eigenvalue weighted by atomic mass is 19.4. The molecule has 1 heterocycles. The number of amides is 1. The summed E-state index contributed by atoms with van der Waals surface area (Å²) in [6, 6.07) is 11.3. The quantitative estimate of drug-likeness (QED) is 0.583. The standard InChI is InChI=1S/C20H18F3N3O4/c1-12-11-15(28-2)7-8-16(12)18(27)24-9-10-29-14-5-3-13(4-6-14)17-25-19(30-26-17)20(21,22)23/h3-8,11H,9-10H2,1-2H3,(H,24,27). The van der Waals surface area contributed by atoms with E-state index in [0.29, 0.717) is 22.6 Å². The summed E-state index contributed by atoms with van der Waals surface area (Å²) >= 11 is 0. The van der Waals surface area contributed by atoms with Gasteiger partial charge in [-0.15, -0.1) is 0 Å². The number of nitrogens with one attached hydrogen (secondary N) is 1. The molecule has 1 N–H and O–H groups in total. The van der Waals surface area contributed by atoms with Gasteiger partial charge in [-0.3, -0.25) is 4.79 Å². The van der Waals surface area contributed by atoms with Crippen LogP contribution in [0.4, 0.5) is 13.2 Å². The van der Waals surface area contributed by atoms with Crippen molar-refractivity contribution in [2.45, 2.75) is 13.1 Å². The lowest BCUT2D eigenvalue weighted by atomic mass is 10.1. The number of carbonyl (C=O) groups is 1. The molecule has 2 aromatic carbocycles. The number of rotatable bonds is 7. The number of ether oxygens (including phenoxy) is 2. The van der Waals surface area contributed by atoms with E-state index in [2.05, 4.69) is 20.0 Å². The zero-order chi connectivity index (χ0) is 21.7. The lowest BCUT2D eigenvalue weighted by Gasteiger charge is -2.10. The number of aryl methyl sites for hydroxylation is 1. The van der Waals surface area contributed by atoms with Crippen LogP contribution >= 0.6 is 0 Å². The van der Waals surface area contributed by atoms with E-state index in [-0.39, 0.29) is 24.9 Å². The van der Waals surface area contributed by atoms with Gasteiger partial charge in [0.05, 0.1) is 13.7 Å². The molecule has 0 aliphatic heterocycles. The Balaban J connectivity index is 1.50. The van der Waals surface area contributed by atoms with Crippen molar-refractivity contribution in [3.8, 4) is 22.9 Å². The van der Waals surface area contributed by atoms with Gasteiger partial charge in [-0.25, -0.2) is 0 Å². The minimum Gasteiger partial charge on any atom is -0.497 e. The number of halogens is 3. The van der Waals surface area contributed by atoms with Crippen LogP contribution in [0, 0.1) is 6.92 Å². The van der Waals surface area contributed by atoms with Crippen LogP contribution in [0.5, 0.6) is 11.5 Å². The molecule has 0 aliphatic carbocycles. The van der Waals surface area contributed by atoms with Crippen molar-refractivity contribution in [2.24, 2.45) is 0 Å². The zero-order valence-corrected chi connectivity index (χ0v) is 16.1. The molecule has 0 aliphatic rings. The minimum atomic E-state index is -4.69. The SMILES string of the molecule is COc1ccc(C(=O)NCCOc2ccc(-c3noc(C(F)(F)F)n3)cc2)c(C)c1. The van der Waals surface area contributed by atoms with Crippen molar-refractivity contribution in [2.75, 3.05) is 20.3 Å². The van der Waals surface area contributed by atoms with Crippen LogP contribution in [0.1, 0.15) is 21.8 Å². The number of nitrogens with zero attached hydrogens (tertiary/aromatic N) is 2. The van der Waals surface area contributed by atoms with E-state index in [4.69, 9.17) is 9.47 Å². The van der Waals surface area contributed by atoms with Gasteiger partial charge in [0.15, 0.2) is 0 Å². The Labute approximate surface area is 169 Å². The lowest BCUT2D eigenvalue weighted by Crippen LogP contribution is -2.28. The Kier molecular flexibility index (Phi) is 6.24. The normalized spacial score (nSPS) is 11.2. The van der Waals surface area contributed by atoms with Crippen LogP contribution in [0.2, 0.25) is 0 Å². The third kappa shape index (κ3) is 5.07. The van der Waals surface area contributed by atoms with Crippen LogP contribution in [0.15, 0.2) is 47.0 Å². The first kappa shape index (κ1) is 21.2. The van der Waals surface area contributed by atoms with E-state index in [9.17, 15) is 18.0 Å². The van der Waals surface area contributed by atoms with Crippen molar-refractivity contribution >= 4 is 5.91 Å². The fourth-order valence-corrected chi connectivity index (χ4v) is 2.60. The first-order chi connectivity index (χ1) is 14.3. The smallest absolute Gasteiger partial charge is 0.471 e. The Morgan fingerprint density at radius 2 is 1.83 bits per heavy atom. The molecule has 1 aromatic heterocycles. The van der Waals surface area contributed by atoms with E-state index in [0.717, 1.165) is 5.56 Å². The van der Waals surface area contributed by atoms with Crippen LogP contribution in [-0.2, 0) is 6.18 Å². The molecule has 0 saturated carbocycles. The summed E-state index contributed by atoms with van der Waals surface area (Å²) in [7, 11) is 1.56. The van der Waals surface area contributed by atoms with E-state index in [1.807, 2.05) is 6.92 Å². The van der Waals surface area contributed by atoms with Crippen molar-refractivity contribution in [1.82, 2.24) is 15.5 Å². The second-order valence-electron chi connectivity index (χ2n) is 6.23. The lowest BCUT2D eigenvalue weighted by molar-refractivity contribution is -0.159. The summed E-state index contributed by atoms with van der Waals surface area (Å²) in [5.41, 5.74) is 1.68. The number of methoxy groups -OCH3 is 1. The van der Waals surface area contributed by atoms with Gasteiger partial charge in [-0.05, 0) is 55.0 Å². The van der Waals surface area contributed by atoms with Crippen LogP contribution in [0.3, 0.4) is 0 Å². The third-order valence-corrected chi connectivity index (χ3v) is 4.12. The maximum Gasteiger partial charge on any atom is 0.471 e. The summed E-state index contributed by atoms with van der Waals surface area (Å²) in [6.45, 7) is 2.30. The predicted molar refractivity (Wildman–Crippen MR) is 100 cm³/mol. The minimum absolute atomic E-state index is 0.170. The van der Waals surface area contributed by atoms with Gasteiger partial charge in [0, 0.05) is 11.1 Å². The molecular formula is C20H18F3N3O4. The molecule has 0 saturated heterocycles. The highest BCUT2D eigenvalue weighted by Crippen LogP contribution is 2.29. The molecule has 0 bridgehead atoms. The maximum atomic E-state index is 12.5. The number of aromatic nitrogens is 2. The van der Waals surface area contributed by atoms with Crippen LogP contribution in [-0.4, -0.2) is 36.3 Å². The molecule has 0 radical (unpaired) electrons. The molecule has 3 aromatic rings. The second kappa shape index (κ2) is 8.85. The molecule has 0 spiro atoms. The average Bonchev–Trinajstić information content (AvgIpc) is 3.22. The molecule has 1 amide bonds. The van der Waals surface area contributed by atoms with E-state index in [1.165, 1.54) is 12.1 Å². The van der Waals surface area contributed by atoms with Gasteiger partial charge >= 0.3 is 12.1 Å². The Morgan fingerprint density at radius 1 is 1.13 bits per heavy atom. The molecule has 0 atom stereocenters. The number of alkyl halides is 3. The number of benzene rings is 2. The molecular weight excluding hydrogens is 403 g/mol. The third-order valence-electron chi connectivity index (χ3n) is 4.12. The van der Waals surface area contributed by atoms with Crippen molar-refractivity contribution in [1.29, 1.82) is 0 Å². The van der Waals surface area contributed by atoms with Gasteiger partial charge in [0.25, 0.3) is 5.91 Å². The van der Waals surface area contributed by atoms with Crippen molar-refractivity contribution in [3.63, 3.8) is 0 Å². The summed E-state index contributed by atoms with van der Waals surface area (Å²) in [6.07, 6.45) is -4.69. The van der Waals surface area contributed by atoms with Crippen molar-refractivity contribution in [3.05, 3.63) is 59.5 Å². The molecule has 158 valence electrons. The topological polar surface area (TPSA) is 86.5 Å². The van der Waals surface area contributed by atoms with Crippen molar-refractivity contribution < 1.29 is 32.0 Å². The fourth-order valence-electron chi connectivity index (χ4n) is 2.60. The first-order valence-corrected chi connectivity index (χ1v) is 8.85. The molecule has 3 rings (SSSR count). The molecule has 0 fully saturated rings. The van der Waals surface area contributed by atoms with Crippen LogP contribution < -0.4 is 14.8 Å². The molecule has 0 unspecified atom stereocenters. The zero-order valence-electron chi connectivity index (χ0n) is 16.1. The Morgan fingerprint density at radius 3 is 2.43 bits per heavy atom. The number of hydrogen-bond donors (Lipinski definition) is 1. The van der Waals surface area contributed by atoms with E-state index >= 15 is 0 Å². The number of carbonyl (C=O) groups excluding carboxylic acids is 1. The summed E-state index contributed by atoms with van der Waals surface area (Å²) < 4.78 is 52.4. The van der Waals surface area contributed by atoms with Gasteiger partial charge in [-0.1, -0.05) is 5.16 Å². The first-order valence-electron chi connectivity index (χ1n) is 8.85. The van der Waals surface area contributed by atoms with Gasteiger partial charge in [-0.2, -0.15) is 18.2 Å². The average molecular weight is 421 g/mol. The van der Waals surface area contributed by atoms with Crippen LogP contribution in [0.25, 0.3) is 11.4 Å².